The van der Waals surface area contributed by atoms with E-state index in [1.807, 2.05) is 45.3 Å². The fraction of sp³-hybridized carbons (Fsp3) is 0.125. The number of thiophene rings is 4. The molecule has 0 N–H and O–H groups in total. The molecule has 0 unspecified atom stereocenters. The second-order valence-corrected chi connectivity index (χ2v) is 36.0. The predicted molar refractivity (Wildman–Crippen MR) is 459 cm³/mol. The van der Waals surface area contributed by atoms with Gasteiger partial charge in [0.25, 0.3) is 0 Å². The van der Waals surface area contributed by atoms with Crippen molar-refractivity contribution in [2.24, 2.45) is 4.30 Å². The predicted octanol–water partition coefficient (Wildman–Crippen LogP) is 27.6. The molecule has 4 heterocycles. The molecule has 0 saturated carbocycles. The van der Waals surface area contributed by atoms with E-state index in [-0.39, 0.29) is 0 Å². The number of thiol groups is 1. The van der Waals surface area contributed by atoms with Gasteiger partial charge in [0.05, 0.1) is 29.2 Å². The van der Waals surface area contributed by atoms with Gasteiger partial charge >= 0.3 is 24.8 Å². The second kappa shape index (κ2) is 26.0. The molecule has 0 aliphatic heterocycles. The van der Waals surface area contributed by atoms with Gasteiger partial charge in [0.2, 0.25) is 0 Å². The van der Waals surface area contributed by atoms with E-state index in [0.717, 1.165) is 7.57 Å². The van der Waals surface area contributed by atoms with Crippen LogP contribution in [-0.2, 0) is 21.7 Å². The zero-order valence-corrected chi connectivity index (χ0v) is 66.8. The third-order valence-corrected chi connectivity index (χ3v) is 28.3. The molecule has 1 radical (unpaired) electrons. The van der Waals surface area contributed by atoms with Crippen LogP contribution in [-0.4, -0.2) is 7.64 Å². The maximum atomic E-state index is 4.34. The van der Waals surface area contributed by atoms with Crippen molar-refractivity contribution < 1.29 is 0 Å². The first-order valence-electron chi connectivity index (χ1n) is 35.6. The third kappa shape index (κ3) is 10.0. The summed E-state index contributed by atoms with van der Waals surface area (Å²) >= 11 is 18.5. The molecule has 4 aromatic heterocycles. The topological polar surface area (TPSA) is 12.4 Å². The van der Waals surface area contributed by atoms with Gasteiger partial charge in [-0.05, 0) is 255 Å². The molecule has 9 heteroatoms. The molecule has 4 aliphatic carbocycles. The summed E-state index contributed by atoms with van der Waals surface area (Å²) in [5.74, 6) is 0. The molecule has 0 spiro atoms. The first-order valence-corrected chi connectivity index (χ1v) is 41.0. The summed E-state index contributed by atoms with van der Waals surface area (Å²) in [5.41, 5.74) is 35.2. The van der Waals surface area contributed by atoms with Gasteiger partial charge in [0.1, 0.15) is 0 Å². The van der Waals surface area contributed by atoms with Gasteiger partial charge in [-0.15, -0.1) is 45.3 Å². The molecule has 12 aromatic carbocycles. The molecule has 20 rings (SSSR count). The zero-order valence-electron chi connectivity index (χ0n) is 59.4. The summed E-state index contributed by atoms with van der Waals surface area (Å²) in [6, 6.07) is 104. The van der Waals surface area contributed by atoms with Gasteiger partial charge in [0, 0.05) is 19.5 Å². The van der Waals surface area contributed by atoms with Crippen LogP contribution < -0.4 is 0 Å². The van der Waals surface area contributed by atoms with Crippen LogP contribution in [0.3, 0.4) is 0 Å². The van der Waals surface area contributed by atoms with Gasteiger partial charge in [-0.3, -0.25) is 0 Å². The Morgan fingerprint density at radius 2 is 0.457 bits per heavy atom. The average Bonchev–Trinajstić information content (AvgIpc) is 1.52. The molecule has 0 saturated heterocycles. The maximum absolute atomic E-state index is 4.34. The molecule has 0 fully saturated rings. The molecule has 1 nitrogen and oxygen atoms in total. The number of hydrogen-bond donors (Lipinski definition) is 1. The van der Waals surface area contributed by atoms with Crippen molar-refractivity contribution in [1.82, 2.24) is 0 Å². The van der Waals surface area contributed by atoms with Crippen LogP contribution in [0.25, 0.3) is 63.3 Å². The van der Waals surface area contributed by atoms with Crippen LogP contribution in [0.1, 0.15) is 134 Å². The van der Waals surface area contributed by atoms with Crippen LogP contribution in [0.4, 0.5) is 0 Å². The Hall–Kier alpha value is -8.87. The number of aryl methyl sites for hydroxylation is 8. The summed E-state index contributed by atoms with van der Waals surface area (Å²) < 4.78 is 5.02. The van der Waals surface area contributed by atoms with E-state index in [9.17, 15) is 0 Å². The van der Waals surface area contributed by atoms with Crippen molar-refractivity contribution in [2.75, 3.05) is 0 Å². The summed E-state index contributed by atoms with van der Waals surface area (Å²) in [5, 5.41) is 9.88. The van der Waals surface area contributed by atoms with Gasteiger partial charge in [0.15, 0.2) is 0 Å². The molecule has 0 amide bonds. The van der Waals surface area contributed by atoms with Crippen molar-refractivity contribution >= 4 is 119 Å². The Morgan fingerprint density at radius 3 is 0.667 bits per heavy atom. The number of benzene rings is 12. The van der Waals surface area contributed by atoms with E-state index in [4.69, 9.17) is 0 Å². The first kappa shape index (κ1) is 68.0. The van der Waals surface area contributed by atoms with E-state index in [2.05, 4.69) is 390 Å². The van der Waals surface area contributed by atoms with E-state index < -0.39 is 21.7 Å². The Labute approximate surface area is 655 Å². The number of nitrogens with zero attached hydrogens (tertiary/aromatic N) is 1. The molecule has 507 valence electrons. The first-order chi connectivity index (χ1) is 51.0. The second-order valence-electron chi connectivity index (χ2n) is 29.1. The zero-order chi connectivity index (χ0) is 72.0. The van der Waals surface area contributed by atoms with E-state index in [0.29, 0.717) is 0 Å². The van der Waals surface area contributed by atoms with Gasteiger partial charge in [-0.1, -0.05) is 287 Å². The molecule has 0 bridgehead atoms. The molecular formula is C96H71BBr2NS5. The third-order valence-electron chi connectivity index (χ3n) is 23.1. The Morgan fingerprint density at radius 1 is 0.267 bits per heavy atom. The van der Waals surface area contributed by atoms with Gasteiger partial charge < -0.3 is 0 Å². The summed E-state index contributed by atoms with van der Waals surface area (Å²) in [4.78, 5) is 5.45. The van der Waals surface area contributed by atoms with Crippen LogP contribution in [0.5, 0.6) is 0 Å². The van der Waals surface area contributed by atoms with E-state index in [1.165, 1.54) is 197 Å². The summed E-state index contributed by atoms with van der Waals surface area (Å²) in [6.07, 6.45) is 0. The van der Waals surface area contributed by atoms with Crippen LogP contribution >= 0.6 is 90.0 Å². The SMILES string of the molecule is Cc1ccc(C2(c3ccc(C)cc3)c3cc(Br)sc3-c3ccc4c5c(ccc4c32)-c2sc(Br)cc2C5(c2ccc(C)cc2)c2ccc(C)cc2)cc1.Cc1ccc(C2(c3ccc(C)cc3)c3ccsc3-c3ccc4c5c(ccc4c32)-c2sccc2C5(c2ccc(C)cc2)c2ccc(C)cc2)cc1.[B]=NS. The number of rotatable bonds is 8. The number of hydrogen-bond acceptors (Lipinski definition) is 6. The molecular weight excluding hydrogens is 1500 g/mol. The van der Waals surface area contributed by atoms with Crippen molar-refractivity contribution in [1.29, 1.82) is 0 Å². The van der Waals surface area contributed by atoms with Crippen molar-refractivity contribution in [2.45, 2.75) is 77.0 Å². The quantitative estimate of drug-likeness (QED) is 0.115. The van der Waals surface area contributed by atoms with Crippen molar-refractivity contribution in [3.63, 3.8) is 0 Å². The standard InChI is InChI=1S/C48H34Br2S2.C48H36S2.BHNS/c1-27-5-13-31(14-6-27)47(32-15-7-28(2)8-16-32)39-25-41(49)51-45(39)37-23-22-36-35(43(37)47)21-24-38-44(36)48(33-17-9-29(3)10-18-33,34-19-11-30(4)12-20-34)40-26-42(50)52-46(38)40;1-29-5-13-33(14-6-29)47(34-15-7-30(2)8-16-34)41-25-27-49-45(41)39-23-22-38-37(43(39)47)21-24-40-44(38)48(42-26-28-50-46(40)42,35-17-9-31(3)10-18-35)36-19-11-32(4)12-20-36;1-2-3/h5-26H,1-4H3;5-28H,1-4H3;3H. The molecule has 105 heavy (non-hydrogen) atoms. The monoisotopic (exact) mass is 1570 g/mol. The number of halogens is 2. The van der Waals surface area contributed by atoms with Gasteiger partial charge in [-0.2, -0.15) is 0 Å². The minimum atomic E-state index is -0.495. The normalized spacial score (nSPS) is 14.4. The number of fused-ring (bicyclic) bond motifs is 18. The van der Waals surface area contributed by atoms with E-state index in [1.54, 1.807) is 0 Å². The molecule has 0 atom stereocenters. The van der Waals surface area contributed by atoms with Crippen LogP contribution in [0.15, 0.2) is 290 Å². The molecule has 16 aromatic rings. The molecule has 4 aliphatic rings. The fourth-order valence-corrected chi connectivity index (χ4v) is 23.9. The minimum absolute atomic E-state index is 0.445. The van der Waals surface area contributed by atoms with Gasteiger partial charge in [-0.25, -0.2) is 0 Å². The Bertz CT molecular complexity index is 5580. The Kier molecular flexibility index (Phi) is 16.8. The van der Waals surface area contributed by atoms with E-state index >= 15 is 0 Å². The van der Waals surface area contributed by atoms with Crippen LogP contribution in [0.2, 0.25) is 0 Å². The Balaban J connectivity index is 0.000000144. The average molecular weight is 1570 g/mol. The fourth-order valence-electron chi connectivity index (χ4n) is 18.5. The van der Waals surface area contributed by atoms with Crippen LogP contribution in [0, 0.1) is 55.4 Å². The summed E-state index contributed by atoms with van der Waals surface area (Å²) in [6.45, 7) is 17.5. The van der Waals surface area contributed by atoms with Crippen molar-refractivity contribution in [3.05, 3.63) is 419 Å². The van der Waals surface area contributed by atoms with Crippen molar-refractivity contribution in [3.8, 4) is 41.8 Å². The summed E-state index contributed by atoms with van der Waals surface area (Å²) in [7, 11) is 4.34.